The Hall–Kier alpha value is -1.86. The van der Waals surface area contributed by atoms with Gasteiger partial charge in [0.1, 0.15) is 6.54 Å². The maximum atomic E-state index is 13.8. The molecule has 0 aromatic carbocycles. The van der Waals surface area contributed by atoms with Gasteiger partial charge < -0.3 is 10.6 Å². The number of nitrogens with one attached hydrogen (secondary N) is 2. The van der Waals surface area contributed by atoms with E-state index < -0.39 is 30.0 Å². The molecule has 0 spiro atoms. The SMILES string of the molecule is CCCNc1nccc(C(=O)NCC(F)(F)F)c1F. The third-order valence-corrected chi connectivity index (χ3v) is 2.13. The molecule has 0 aliphatic carbocycles. The molecule has 0 aliphatic heterocycles. The molecule has 2 N–H and O–H groups in total. The molecule has 0 aliphatic rings. The molecule has 4 nitrogen and oxygen atoms in total. The van der Waals surface area contributed by atoms with Crippen molar-refractivity contribution in [2.45, 2.75) is 19.5 Å². The predicted molar refractivity (Wildman–Crippen MR) is 61.4 cm³/mol. The first-order valence-corrected chi connectivity index (χ1v) is 5.58. The smallest absolute Gasteiger partial charge is 0.368 e. The van der Waals surface area contributed by atoms with Crippen LogP contribution in [-0.2, 0) is 0 Å². The lowest BCUT2D eigenvalue weighted by Gasteiger charge is -2.10. The quantitative estimate of drug-likeness (QED) is 0.813. The summed E-state index contributed by atoms with van der Waals surface area (Å²) in [4.78, 5) is 15.1. The molecule has 106 valence electrons. The number of anilines is 1. The van der Waals surface area contributed by atoms with Crippen LogP contribution in [0.3, 0.4) is 0 Å². The molecule has 0 atom stereocenters. The third-order valence-electron chi connectivity index (χ3n) is 2.13. The minimum Gasteiger partial charge on any atom is -0.368 e. The number of pyridine rings is 1. The molecule has 1 aromatic rings. The highest BCUT2D eigenvalue weighted by Gasteiger charge is 2.28. The Bertz CT molecular complexity index is 448. The zero-order valence-electron chi connectivity index (χ0n) is 10.1. The highest BCUT2D eigenvalue weighted by molar-refractivity contribution is 5.95. The van der Waals surface area contributed by atoms with E-state index in [4.69, 9.17) is 0 Å². The number of alkyl halides is 3. The second-order valence-electron chi connectivity index (χ2n) is 3.75. The van der Waals surface area contributed by atoms with Crippen molar-refractivity contribution in [3.63, 3.8) is 0 Å². The van der Waals surface area contributed by atoms with E-state index in [1.54, 1.807) is 5.32 Å². The van der Waals surface area contributed by atoms with Gasteiger partial charge in [-0.15, -0.1) is 0 Å². The first-order valence-electron chi connectivity index (χ1n) is 5.58. The van der Waals surface area contributed by atoms with Crippen molar-refractivity contribution in [2.24, 2.45) is 0 Å². The summed E-state index contributed by atoms with van der Waals surface area (Å²) in [7, 11) is 0. The van der Waals surface area contributed by atoms with Crippen LogP contribution >= 0.6 is 0 Å². The van der Waals surface area contributed by atoms with E-state index in [1.807, 2.05) is 6.92 Å². The van der Waals surface area contributed by atoms with Crippen LogP contribution in [0, 0.1) is 5.82 Å². The van der Waals surface area contributed by atoms with Crippen LogP contribution in [0.2, 0.25) is 0 Å². The fourth-order valence-electron chi connectivity index (χ4n) is 1.26. The van der Waals surface area contributed by atoms with Gasteiger partial charge in [-0.25, -0.2) is 9.37 Å². The van der Waals surface area contributed by atoms with Crippen LogP contribution in [0.5, 0.6) is 0 Å². The molecule has 0 saturated carbocycles. The molecule has 19 heavy (non-hydrogen) atoms. The third kappa shape index (κ3) is 4.72. The summed E-state index contributed by atoms with van der Waals surface area (Å²) in [6.07, 6.45) is -2.67. The van der Waals surface area contributed by atoms with E-state index in [9.17, 15) is 22.4 Å². The molecule has 0 radical (unpaired) electrons. The van der Waals surface area contributed by atoms with Gasteiger partial charge in [-0.1, -0.05) is 6.92 Å². The van der Waals surface area contributed by atoms with Crippen molar-refractivity contribution in [3.8, 4) is 0 Å². The predicted octanol–water partition coefficient (Wildman–Crippen LogP) is 2.33. The first kappa shape index (κ1) is 15.2. The average molecular weight is 279 g/mol. The zero-order valence-corrected chi connectivity index (χ0v) is 10.1. The van der Waals surface area contributed by atoms with Gasteiger partial charge in [-0.05, 0) is 12.5 Å². The fraction of sp³-hybridized carbons (Fsp3) is 0.455. The molecule has 0 unspecified atom stereocenters. The fourth-order valence-corrected chi connectivity index (χ4v) is 1.26. The number of hydrogen-bond donors (Lipinski definition) is 2. The Labute approximate surface area is 107 Å². The lowest BCUT2D eigenvalue weighted by Crippen LogP contribution is -2.34. The number of carbonyl (C=O) groups is 1. The minimum atomic E-state index is -4.54. The molecule has 1 aromatic heterocycles. The number of aromatic nitrogens is 1. The van der Waals surface area contributed by atoms with Gasteiger partial charge in [0, 0.05) is 12.7 Å². The Kier molecular flexibility index (Phi) is 5.08. The second kappa shape index (κ2) is 6.35. The van der Waals surface area contributed by atoms with Gasteiger partial charge in [-0.2, -0.15) is 13.2 Å². The molecule has 1 amide bonds. The van der Waals surface area contributed by atoms with E-state index >= 15 is 0 Å². The molecule has 1 heterocycles. The van der Waals surface area contributed by atoms with Gasteiger partial charge in [-0.3, -0.25) is 4.79 Å². The largest absolute Gasteiger partial charge is 0.405 e. The summed E-state index contributed by atoms with van der Waals surface area (Å²) in [5.74, 6) is -2.24. The molecule has 1 rings (SSSR count). The van der Waals surface area contributed by atoms with Crippen LogP contribution in [0.25, 0.3) is 0 Å². The van der Waals surface area contributed by atoms with Crippen molar-refractivity contribution in [3.05, 3.63) is 23.6 Å². The number of nitrogens with zero attached hydrogens (tertiary/aromatic N) is 1. The van der Waals surface area contributed by atoms with Crippen molar-refractivity contribution in [1.29, 1.82) is 0 Å². The Balaban J connectivity index is 2.80. The summed E-state index contributed by atoms with van der Waals surface area (Å²) < 4.78 is 49.6. The number of carbonyl (C=O) groups excluding carboxylic acids is 1. The van der Waals surface area contributed by atoms with Gasteiger partial charge >= 0.3 is 6.18 Å². The number of hydrogen-bond acceptors (Lipinski definition) is 3. The van der Waals surface area contributed by atoms with Crippen molar-refractivity contribution in [1.82, 2.24) is 10.3 Å². The summed E-state index contributed by atoms with van der Waals surface area (Å²) in [6, 6.07) is 1.03. The first-order chi connectivity index (χ1) is 8.85. The van der Waals surface area contributed by atoms with Crippen molar-refractivity contribution in [2.75, 3.05) is 18.4 Å². The summed E-state index contributed by atoms with van der Waals surface area (Å²) in [5, 5.41) is 4.25. The van der Waals surface area contributed by atoms with E-state index in [-0.39, 0.29) is 5.82 Å². The maximum absolute atomic E-state index is 13.8. The molecular weight excluding hydrogens is 266 g/mol. The average Bonchev–Trinajstić information content (AvgIpc) is 2.34. The second-order valence-corrected chi connectivity index (χ2v) is 3.75. The van der Waals surface area contributed by atoms with Gasteiger partial charge in [0.2, 0.25) is 0 Å². The van der Waals surface area contributed by atoms with E-state index in [2.05, 4.69) is 10.3 Å². The lowest BCUT2D eigenvalue weighted by atomic mass is 10.2. The molecule has 0 saturated heterocycles. The standard InChI is InChI=1S/C11H13F4N3O/c1-2-4-16-9-8(12)7(3-5-17-9)10(19)18-6-11(13,14)15/h3,5H,2,4,6H2,1H3,(H,16,17)(H,18,19). The maximum Gasteiger partial charge on any atom is 0.405 e. The summed E-state index contributed by atoms with van der Waals surface area (Å²) in [5.41, 5.74) is -0.474. The Morgan fingerprint density at radius 3 is 2.68 bits per heavy atom. The molecule has 0 fully saturated rings. The van der Waals surface area contributed by atoms with Crippen molar-refractivity contribution >= 4 is 11.7 Å². The van der Waals surface area contributed by atoms with Gasteiger partial charge in [0.05, 0.1) is 5.56 Å². The number of amides is 1. The molecular formula is C11H13F4N3O. The number of rotatable bonds is 5. The topological polar surface area (TPSA) is 54.0 Å². The normalized spacial score (nSPS) is 11.2. The van der Waals surface area contributed by atoms with Gasteiger partial charge in [0.15, 0.2) is 11.6 Å². The van der Waals surface area contributed by atoms with Crippen LogP contribution in [0.15, 0.2) is 12.3 Å². The van der Waals surface area contributed by atoms with Gasteiger partial charge in [0.25, 0.3) is 5.91 Å². The Morgan fingerprint density at radius 2 is 2.11 bits per heavy atom. The van der Waals surface area contributed by atoms with Crippen LogP contribution < -0.4 is 10.6 Å². The van der Waals surface area contributed by atoms with E-state index in [1.165, 1.54) is 0 Å². The van der Waals surface area contributed by atoms with Crippen LogP contribution in [-0.4, -0.2) is 30.2 Å². The van der Waals surface area contributed by atoms with E-state index in [0.29, 0.717) is 13.0 Å². The molecule has 8 heteroatoms. The highest BCUT2D eigenvalue weighted by Crippen LogP contribution is 2.16. The zero-order chi connectivity index (χ0) is 14.5. The Morgan fingerprint density at radius 1 is 1.42 bits per heavy atom. The van der Waals surface area contributed by atoms with Crippen LogP contribution in [0.4, 0.5) is 23.4 Å². The van der Waals surface area contributed by atoms with Crippen LogP contribution in [0.1, 0.15) is 23.7 Å². The highest BCUT2D eigenvalue weighted by atomic mass is 19.4. The minimum absolute atomic E-state index is 0.151. The van der Waals surface area contributed by atoms with Crippen molar-refractivity contribution < 1.29 is 22.4 Å². The summed E-state index contributed by atoms with van der Waals surface area (Å²) in [6.45, 7) is 0.785. The monoisotopic (exact) mass is 279 g/mol. The number of halogens is 4. The van der Waals surface area contributed by atoms with E-state index in [0.717, 1.165) is 12.3 Å². The molecule has 0 bridgehead atoms. The lowest BCUT2D eigenvalue weighted by molar-refractivity contribution is -0.123. The summed E-state index contributed by atoms with van der Waals surface area (Å²) >= 11 is 0.